The molecule has 2 aromatic carbocycles. The number of ether oxygens (including phenoxy) is 1. The lowest BCUT2D eigenvalue weighted by atomic mass is 9.88. The van der Waals surface area contributed by atoms with E-state index in [4.69, 9.17) is 4.74 Å². The molecule has 2 aromatic rings. The zero-order valence-corrected chi connectivity index (χ0v) is 19.8. The topological polar surface area (TPSA) is 87.7 Å². The number of nitrogens with one attached hydrogen (secondary N) is 2. The first-order valence-electron chi connectivity index (χ1n) is 11.6. The normalized spacial score (nSPS) is 15.8. The predicted octanol–water partition coefficient (Wildman–Crippen LogP) is 3.40. The van der Waals surface area contributed by atoms with E-state index in [2.05, 4.69) is 10.6 Å². The second-order valence-corrected chi connectivity index (χ2v) is 8.61. The summed E-state index contributed by atoms with van der Waals surface area (Å²) in [5, 5.41) is 5.86. The Balaban J connectivity index is 1.71. The molecule has 0 saturated carbocycles. The first-order valence-corrected chi connectivity index (χ1v) is 11.6. The Kier molecular flexibility index (Phi) is 8.62. The zero-order chi connectivity index (χ0) is 24.7. The summed E-state index contributed by atoms with van der Waals surface area (Å²) in [6.45, 7) is 4.64. The third-order valence-corrected chi connectivity index (χ3v) is 6.32. The van der Waals surface area contributed by atoms with Crippen LogP contribution in [0.2, 0.25) is 0 Å². The van der Waals surface area contributed by atoms with Gasteiger partial charge in [-0.05, 0) is 68.5 Å². The molecule has 3 rings (SSSR count). The molecule has 182 valence electrons. The van der Waals surface area contributed by atoms with Crippen LogP contribution < -0.4 is 15.4 Å². The maximum Gasteiger partial charge on any atom is 0.256 e. The standard InChI is InChI=1S/C26H32FN3O4/c1-4-17(2)28-25(32)23(29-24(31)19-9-11-20(34-3)12-10-19)18-13-15-30(16-14-18)26(33)21-7-5-6-8-22(21)27/h5-12,17-18,23H,4,13-16H2,1-3H3,(H,28,32)(H,29,31)/t17-,23+/m0/s1. The highest BCUT2D eigenvalue weighted by atomic mass is 19.1. The summed E-state index contributed by atoms with van der Waals surface area (Å²) in [6, 6.07) is 11.8. The highest BCUT2D eigenvalue weighted by Gasteiger charge is 2.35. The van der Waals surface area contributed by atoms with Gasteiger partial charge in [-0.15, -0.1) is 0 Å². The van der Waals surface area contributed by atoms with Crippen molar-refractivity contribution in [2.75, 3.05) is 20.2 Å². The molecular weight excluding hydrogens is 437 g/mol. The molecule has 0 aromatic heterocycles. The molecule has 1 aliphatic rings. The molecule has 2 atom stereocenters. The largest absolute Gasteiger partial charge is 0.497 e. The van der Waals surface area contributed by atoms with Gasteiger partial charge < -0.3 is 20.3 Å². The molecule has 0 spiro atoms. The van der Waals surface area contributed by atoms with E-state index in [0.29, 0.717) is 37.2 Å². The lowest BCUT2D eigenvalue weighted by molar-refractivity contribution is -0.125. The van der Waals surface area contributed by atoms with Gasteiger partial charge in [0.25, 0.3) is 11.8 Å². The number of halogens is 1. The van der Waals surface area contributed by atoms with Crippen molar-refractivity contribution < 1.29 is 23.5 Å². The number of amides is 3. The number of hydrogen-bond donors (Lipinski definition) is 2. The Bertz CT molecular complexity index is 1000. The van der Waals surface area contributed by atoms with Crippen LogP contribution in [0.1, 0.15) is 53.8 Å². The second-order valence-electron chi connectivity index (χ2n) is 8.61. The Hall–Kier alpha value is -3.42. The van der Waals surface area contributed by atoms with Gasteiger partial charge in [0.05, 0.1) is 12.7 Å². The van der Waals surface area contributed by atoms with Crippen molar-refractivity contribution >= 4 is 17.7 Å². The molecular formula is C26H32FN3O4. The molecule has 0 unspecified atom stereocenters. The number of piperidine rings is 1. The van der Waals surface area contributed by atoms with Crippen LogP contribution in [0.4, 0.5) is 4.39 Å². The van der Waals surface area contributed by atoms with Crippen LogP contribution in [0.15, 0.2) is 48.5 Å². The summed E-state index contributed by atoms with van der Waals surface area (Å²) in [5.74, 6) is -1.02. The van der Waals surface area contributed by atoms with Gasteiger partial charge in [-0.3, -0.25) is 14.4 Å². The number of nitrogens with zero attached hydrogens (tertiary/aromatic N) is 1. The van der Waals surface area contributed by atoms with E-state index in [1.807, 2.05) is 13.8 Å². The lowest BCUT2D eigenvalue weighted by Crippen LogP contribution is -2.55. The van der Waals surface area contributed by atoms with Crippen LogP contribution in [0.3, 0.4) is 0 Å². The summed E-state index contributed by atoms with van der Waals surface area (Å²) in [6.07, 6.45) is 1.80. The van der Waals surface area contributed by atoms with Crippen LogP contribution in [-0.2, 0) is 4.79 Å². The monoisotopic (exact) mass is 469 g/mol. The molecule has 7 nitrogen and oxygen atoms in total. The quantitative estimate of drug-likeness (QED) is 0.620. The molecule has 0 aliphatic carbocycles. The molecule has 0 radical (unpaired) electrons. The molecule has 3 amide bonds. The Labute approximate surface area is 199 Å². The van der Waals surface area contributed by atoms with Gasteiger partial charge in [0.1, 0.15) is 17.6 Å². The molecule has 8 heteroatoms. The molecule has 34 heavy (non-hydrogen) atoms. The number of hydrogen-bond acceptors (Lipinski definition) is 4. The summed E-state index contributed by atoms with van der Waals surface area (Å²) in [4.78, 5) is 40.4. The zero-order valence-electron chi connectivity index (χ0n) is 19.8. The lowest BCUT2D eigenvalue weighted by Gasteiger charge is -2.36. The minimum atomic E-state index is -0.741. The van der Waals surface area contributed by atoms with Crippen molar-refractivity contribution in [3.63, 3.8) is 0 Å². The van der Waals surface area contributed by atoms with Crippen molar-refractivity contribution in [3.8, 4) is 5.75 Å². The third-order valence-electron chi connectivity index (χ3n) is 6.32. The van der Waals surface area contributed by atoms with E-state index >= 15 is 0 Å². The summed E-state index contributed by atoms with van der Waals surface area (Å²) in [5.41, 5.74) is 0.467. The van der Waals surface area contributed by atoms with Crippen molar-refractivity contribution in [2.45, 2.75) is 45.2 Å². The predicted molar refractivity (Wildman–Crippen MR) is 127 cm³/mol. The minimum Gasteiger partial charge on any atom is -0.497 e. The first kappa shape index (κ1) is 25.2. The fourth-order valence-electron chi connectivity index (χ4n) is 4.04. The molecule has 1 fully saturated rings. The maximum absolute atomic E-state index is 14.1. The average Bonchev–Trinajstić information content (AvgIpc) is 2.87. The van der Waals surface area contributed by atoms with E-state index in [-0.39, 0.29) is 35.2 Å². The van der Waals surface area contributed by atoms with Crippen LogP contribution in [0.5, 0.6) is 5.75 Å². The van der Waals surface area contributed by atoms with Crippen LogP contribution in [0, 0.1) is 11.7 Å². The van der Waals surface area contributed by atoms with Crippen LogP contribution in [0.25, 0.3) is 0 Å². The van der Waals surface area contributed by atoms with Crippen LogP contribution in [-0.4, -0.2) is 54.9 Å². The van der Waals surface area contributed by atoms with Gasteiger partial charge in [-0.25, -0.2) is 4.39 Å². The van der Waals surface area contributed by atoms with Gasteiger partial charge in [-0.1, -0.05) is 19.1 Å². The smallest absolute Gasteiger partial charge is 0.256 e. The van der Waals surface area contributed by atoms with Gasteiger partial charge in [0, 0.05) is 24.7 Å². The number of carbonyl (C=O) groups excluding carboxylic acids is 3. The van der Waals surface area contributed by atoms with Gasteiger partial charge in [-0.2, -0.15) is 0 Å². The van der Waals surface area contributed by atoms with E-state index in [1.54, 1.807) is 48.4 Å². The number of carbonyl (C=O) groups is 3. The minimum absolute atomic E-state index is 0.0318. The van der Waals surface area contributed by atoms with Crippen molar-refractivity contribution in [2.24, 2.45) is 5.92 Å². The van der Waals surface area contributed by atoms with E-state index < -0.39 is 11.9 Å². The van der Waals surface area contributed by atoms with Gasteiger partial charge in [0.15, 0.2) is 0 Å². The fraction of sp³-hybridized carbons (Fsp3) is 0.423. The number of benzene rings is 2. The summed E-state index contributed by atoms with van der Waals surface area (Å²) in [7, 11) is 1.55. The van der Waals surface area contributed by atoms with Crippen molar-refractivity contribution in [1.82, 2.24) is 15.5 Å². The van der Waals surface area contributed by atoms with E-state index in [0.717, 1.165) is 6.42 Å². The highest BCUT2D eigenvalue weighted by molar-refractivity contribution is 5.98. The molecule has 0 bridgehead atoms. The molecule has 1 heterocycles. The Morgan fingerprint density at radius 3 is 2.29 bits per heavy atom. The molecule has 1 saturated heterocycles. The van der Waals surface area contributed by atoms with E-state index in [9.17, 15) is 18.8 Å². The second kappa shape index (κ2) is 11.6. The van der Waals surface area contributed by atoms with E-state index in [1.165, 1.54) is 12.1 Å². The summed E-state index contributed by atoms with van der Waals surface area (Å²) < 4.78 is 19.2. The van der Waals surface area contributed by atoms with Crippen molar-refractivity contribution in [3.05, 3.63) is 65.5 Å². The Morgan fingerprint density at radius 2 is 1.71 bits per heavy atom. The molecule has 2 N–H and O–H groups in total. The molecule has 1 aliphatic heterocycles. The van der Waals surface area contributed by atoms with Gasteiger partial charge in [0.2, 0.25) is 5.91 Å². The van der Waals surface area contributed by atoms with Crippen molar-refractivity contribution in [1.29, 1.82) is 0 Å². The fourth-order valence-corrected chi connectivity index (χ4v) is 4.04. The number of rotatable bonds is 8. The maximum atomic E-state index is 14.1. The SMILES string of the molecule is CC[C@H](C)NC(=O)[C@H](NC(=O)c1ccc(OC)cc1)C1CCN(C(=O)c2ccccc2F)CC1. The first-order chi connectivity index (χ1) is 16.3. The number of likely N-dealkylation sites (tertiary alicyclic amines) is 1. The summed E-state index contributed by atoms with van der Waals surface area (Å²) >= 11 is 0. The van der Waals surface area contributed by atoms with Crippen LogP contribution >= 0.6 is 0 Å². The third kappa shape index (κ3) is 6.12. The van der Waals surface area contributed by atoms with Gasteiger partial charge >= 0.3 is 0 Å². The average molecular weight is 470 g/mol. The number of methoxy groups -OCH3 is 1. The Morgan fingerprint density at radius 1 is 1.06 bits per heavy atom. The highest BCUT2D eigenvalue weighted by Crippen LogP contribution is 2.24.